The molecule has 0 aliphatic carbocycles. The summed E-state index contributed by atoms with van der Waals surface area (Å²) in [5, 5.41) is 10.8. The van der Waals surface area contributed by atoms with Gasteiger partial charge in [0.2, 0.25) is 0 Å². The third-order valence-electron chi connectivity index (χ3n) is 2.27. The Bertz CT molecular complexity index is 377. The van der Waals surface area contributed by atoms with Gasteiger partial charge in [0, 0.05) is 11.8 Å². The Labute approximate surface area is 88.2 Å². The van der Waals surface area contributed by atoms with Crippen LogP contribution in [0.1, 0.15) is 24.5 Å². The molecule has 15 heavy (non-hydrogen) atoms. The van der Waals surface area contributed by atoms with Crippen LogP contribution in [0.15, 0.2) is 6.20 Å². The smallest absolute Gasteiger partial charge is 0.334 e. The van der Waals surface area contributed by atoms with E-state index in [-0.39, 0.29) is 11.6 Å². The molecule has 1 heterocycles. The molecule has 0 spiro atoms. The lowest BCUT2D eigenvalue weighted by atomic mass is 10.1. The molecule has 0 bridgehead atoms. The predicted molar refractivity (Wildman–Crippen MR) is 56.2 cm³/mol. The van der Waals surface area contributed by atoms with Gasteiger partial charge in [-0.2, -0.15) is 0 Å². The van der Waals surface area contributed by atoms with E-state index in [1.807, 2.05) is 6.92 Å². The van der Waals surface area contributed by atoms with Crippen LogP contribution in [0.3, 0.4) is 0 Å². The number of nitro groups is 1. The van der Waals surface area contributed by atoms with Crippen LogP contribution in [-0.4, -0.2) is 17.0 Å². The van der Waals surface area contributed by atoms with Crippen LogP contribution in [0.4, 0.5) is 5.69 Å². The minimum absolute atomic E-state index is 0.0246. The highest BCUT2D eigenvalue weighted by molar-refractivity contribution is 5.51. The molecule has 0 atom stereocenters. The van der Waals surface area contributed by atoms with Crippen molar-refractivity contribution in [3.8, 4) is 5.88 Å². The quantitative estimate of drug-likeness (QED) is 0.564. The molecule has 5 heteroatoms. The van der Waals surface area contributed by atoms with E-state index in [4.69, 9.17) is 4.74 Å². The van der Waals surface area contributed by atoms with E-state index >= 15 is 0 Å². The van der Waals surface area contributed by atoms with Crippen molar-refractivity contribution < 1.29 is 9.66 Å². The topological polar surface area (TPSA) is 65.3 Å². The maximum absolute atomic E-state index is 10.8. The summed E-state index contributed by atoms with van der Waals surface area (Å²) in [6.07, 6.45) is 3.38. The van der Waals surface area contributed by atoms with E-state index in [0.717, 1.165) is 18.4 Å². The van der Waals surface area contributed by atoms with Crippen molar-refractivity contribution in [1.29, 1.82) is 0 Å². The SMILES string of the molecule is CCCc1cnc(OC)c([N+](=O)[O-])c1C. The summed E-state index contributed by atoms with van der Waals surface area (Å²) < 4.78 is 4.87. The van der Waals surface area contributed by atoms with Crippen LogP contribution in [0.5, 0.6) is 5.88 Å². The van der Waals surface area contributed by atoms with Gasteiger partial charge in [-0.05, 0) is 18.9 Å². The minimum atomic E-state index is -0.444. The fourth-order valence-electron chi connectivity index (χ4n) is 1.49. The van der Waals surface area contributed by atoms with Crippen LogP contribution < -0.4 is 4.74 Å². The monoisotopic (exact) mass is 210 g/mol. The lowest BCUT2D eigenvalue weighted by Gasteiger charge is -2.07. The summed E-state index contributed by atoms with van der Waals surface area (Å²) >= 11 is 0. The molecule has 5 nitrogen and oxygen atoms in total. The molecule has 0 radical (unpaired) electrons. The third kappa shape index (κ3) is 2.23. The van der Waals surface area contributed by atoms with Crippen molar-refractivity contribution in [2.45, 2.75) is 26.7 Å². The number of aryl methyl sites for hydroxylation is 1. The van der Waals surface area contributed by atoms with Gasteiger partial charge < -0.3 is 4.74 Å². The Balaban J connectivity index is 3.29. The summed E-state index contributed by atoms with van der Waals surface area (Å²) in [4.78, 5) is 14.3. The number of nitrogens with zero attached hydrogens (tertiary/aromatic N) is 2. The third-order valence-corrected chi connectivity index (χ3v) is 2.27. The molecule has 1 rings (SSSR count). The van der Waals surface area contributed by atoms with Crippen molar-refractivity contribution in [3.63, 3.8) is 0 Å². The largest absolute Gasteiger partial charge is 0.476 e. The second kappa shape index (κ2) is 4.72. The minimum Gasteiger partial charge on any atom is -0.476 e. The molecule has 0 aliphatic rings. The summed E-state index contributed by atoms with van der Waals surface area (Å²) in [5.41, 5.74) is 1.53. The average molecular weight is 210 g/mol. The number of rotatable bonds is 4. The van der Waals surface area contributed by atoms with Crippen LogP contribution in [-0.2, 0) is 6.42 Å². The highest BCUT2D eigenvalue weighted by Gasteiger charge is 2.21. The van der Waals surface area contributed by atoms with Crippen molar-refractivity contribution in [2.24, 2.45) is 0 Å². The zero-order chi connectivity index (χ0) is 11.4. The lowest BCUT2D eigenvalue weighted by molar-refractivity contribution is -0.386. The van der Waals surface area contributed by atoms with Crippen LogP contribution in [0, 0.1) is 17.0 Å². The molecule has 0 N–H and O–H groups in total. The number of aromatic nitrogens is 1. The molecular formula is C10H14N2O3. The summed E-state index contributed by atoms with van der Waals surface area (Å²) in [7, 11) is 1.38. The molecule has 0 amide bonds. The fourth-order valence-corrected chi connectivity index (χ4v) is 1.49. The second-order valence-electron chi connectivity index (χ2n) is 3.27. The molecule has 0 saturated carbocycles. The van der Waals surface area contributed by atoms with E-state index in [9.17, 15) is 10.1 Å². The molecular weight excluding hydrogens is 196 g/mol. The Morgan fingerprint density at radius 1 is 1.60 bits per heavy atom. The van der Waals surface area contributed by atoms with Crippen molar-refractivity contribution in [2.75, 3.05) is 7.11 Å². The first-order valence-electron chi connectivity index (χ1n) is 4.78. The highest BCUT2D eigenvalue weighted by atomic mass is 16.6. The molecule has 0 aliphatic heterocycles. The molecule has 1 aromatic heterocycles. The molecule has 0 unspecified atom stereocenters. The van der Waals surface area contributed by atoms with Crippen molar-refractivity contribution in [3.05, 3.63) is 27.4 Å². The Kier molecular flexibility index (Phi) is 3.60. The standard InChI is InChI=1S/C10H14N2O3/c1-4-5-8-6-11-10(15-3)9(7(8)2)12(13)14/h6H,4-5H2,1-3H3. The van der Waals surface area contributed by atoms with Crippen LogP contribution >= 0.6 is 0 Å². The number of methoxy groups -OCH3 is 1. The first kappa shape index (κ1) is 11.4. The van der Waals surface area contributed by atoms with Crippen molar-refractivity contribution in [1.82, 2.24) is 4.98 Å². The number of hydrogen-bond acceptors (Lipinski definition) is 4. The number of ether oxygens (including phenoxy) is 1. The van der Waals surface area contributed by atoms with E-state index in [2.05, 4.69) is 4.98 Å². The molecule has 0 saturated heterocycles. The number of pyridine rings is 1. The molecule has 82 valence electrons. The van der Waals surface area contributed by atoms with Gasteiger partial charge in [-0.25, -0.2) is 4.98 Å². The first-order chi connectivity index (χ1) is 7.11. The van der Waals surface area contributed by atoms with Gasteiger partial charge in [-0.1, -0.05) is 13.3 Å². The predicted octanol–water partition coefficient (Wildman–Crippen LogP) is 2.26. The van der Waals surface area contributed by atoms with Gasteiger partial charge in [0.05, 0.1) is 12.0 Å². The Morgan fingerprint density at radius 3 is 2.73 bits per heavy atom. The van der Waals surface area contributed by atoms with Gasteiger partial charge >= 0.3 is 5.69 Å². The van der Waals surface area contributed by atoms with Gasteiger partial charge in [0.1, 0.15) is 0 Å². The lowest BCUT2D eigenvalue weighted by Crippen LogP contribution is -2.02. The van der Waals surface area contributed by atoms with E-state index in [1.165, 1.54) is 7.11 Å². The molecule has 0 fully saturated rings. The van der Waals surface area contributed by atoms with E-state index in [1.54, 1.807) is 13.1 Å². The van der Waals surface area contributed by atoms with E-state index < -0.39 is 4.92 Å². The zero-order valence-electron chi connectivity index (χ0n) is 9.11. The maximum atomic E-state index is 10.8. The molecule has 1 aromatic rings. The summed E-state index contributed by atoms with van der Waals surface area (Å²) in [6, 6.07) is 0. The Hall–Kier alpha value is -1.65. The normalized spacial score (nSPS) is 10.1. The summed E-state index contributed by atoms with van der Waals surface area (Å²) in [6.45, 7) is 3.75. The van der Waals surface area contributed by atoms with Gasteiger partial charge in [0.15, 0.2) is 0 Å². The summed E-state index contributed by atoms with van der Waals surface area (Å²) in [5.74, 6) is 0.0809. The zero-order valence-corrected chi connectivity index (χ0v) is 9.11. The highest BCUT2D eigenvalue weighted by Crippen LogP contribution is 2.30. The van der Waals surface area contributed by atoms with Crippen LogP contribution in [0.25, 0.3) is 0 Å². The number of hydrogen-bond donors (Lipinski definition) is 0. The van der Waals surface area contributed by atoms with Gasteiger partial charge in [-0.3, -0.25) is 10.1 Å². The maximum Gasteiger partial charge on any atom is 0.334 e. The second-order valence-corrected chi connectivity index (χ2v) is 3.27. The van der Waals surface area contributed by atoms with E-state index in [0.29, 0.717) is 5.56 Å². The first-order valence-corrected chi connectivity index (χ1v) is 4.78. The van der Waals surface area contributed by atoms with Gasteiger partial charge in [0.25, 0.3) is 5.88 Å². The van der Waals surface area contributed by atoms with Gasteiger partial charge in [-0.15, -0.1) is 0 Å². The fraction of sp³-hybridized carbons (Fsp3) is 0.500. The average Bonchev–Trinajstić information content (AvgIpc) is 2.20. The Morgan fingerprint density at radius 2 is 2.27 bits per heavy atom. The van der Waals surface area contributed by atoms with Crippen molar-refractivity contribution >= 4 is 5.69 Å². The molecule has 0 aromatic carbocycles. The van der Waals surface area contributed by atoms with Crippen LogP contribution in [0.2, 0.25) is 0 Å².